The molecular formula is C22H24N2O4S2. The molecule has 0 saturated carbocycles. The Balaban J connectivity index is 1.50. The number of hydrogen-bond acceptors (Lipinski definition) is 6. The average molecular weight is 445 g/mol. The van der Waals surface area contributed by atoms with E-state index in [0.29, 0.717) is 50.1 Å². The molecule has 30 heavy (non-hydrogen) atoms. The molecule has 158 valence electrons. The minimum atomic E-state index is -0.454. The third-order valence-corrected chi connectivity index (χ3v) is 7.84. The van der Waals surface area contributed by atoms with Crippen molar-refractivity contribution in [3.8, 4) is 0 Å². The van der Waals surface area contributed by atoms with Crippen molar-refractivity contribution in [2.75, 3.05) is 26.2 Å². The fraction of sp³-hybridized carbons (Fsp3) is 0.364. The number of carbonyl (C=O) groups excluding carboxylic acids is 2. The Morgan fingerprint density at radius 2 is 1.13 bits per heavy atom. The SMILES string of the molecule is O=C(c1ccccc1SSc1ccccc1C(=O)N1CCC(O)C1)N1CCC(O)C1. The smallest absolute Gasteiger partial charge is 0.255 e. The van der Waals surface area contributed by atoms with Crippen molar-refractivity contribution in [2.45, 2.75) is 34.8 Å². The van der Waals surface area contributed by atoms with Gasteiger partial charge in [-0.05, 0) is 37.1 Å². The van der Waals surface area contributed by atoms with Crippen LogP contribution in [0.3, 0.4) is 0 Å². The van der Waals surface area contributed by atoms with E-state index in [9.17, 15) is 19.8 Å². The summed E-state index contributed by atoms with van der Waals surface area (Å²) in [5.41, 5.74) is 1.21. The Hall–Kier alpha value is -2.00. The molecule has 2 atom stereocenters. The van der Waals surface area contributed by atoms with E-state index in [1.807, 2.05) is 36.4 Å². The number of rotatable bonds is 5. The minimum absolute atomic E-state index is 0.0781. The zero-order valence-corrected chi connectivity index (χ0v) is 18.1. The predicted molar refractivity (Wildman–Crippen MR) is 118 cm³/mol. The van der Waals surface area contributed by atoms with Crippen molar-refractivity contribution in [1.29, 1.82) is 0 Å². The van der Waals surface area contributed by atoms with Crippen molar-refractivity contribution in [2.24, 2.45) is 0 Å². The first kappa shape index (κ1) is 21.2. The number of likely N-dealkylation sites (tertiary alicyclic amines) is 2. The van der Waals surface area contributed by atoms with Gasteiger partial charge in [0.05, 0.1) is 23.3 Å². The zero-order chi connectivity index (χ0) is 21.1. The summed E-state index contributed by atoms with van der Waals surface area (Å²) in [6, 6.07) is 14.9. The van der Waals surface area contributed by atoms with Crippen LogP contribution in [0.1, 0.15) is 33.6 Å². The largest absolute Gasteiger partial charge is 0.391 e. The Kier molecular flexibility index (Phi) is 6.67. The van der Waals surface area contributed by atoms with E-state index in [-0.39, 0.29) is 11.8 Å². The topological polar surface area (TPSA) is 81.1 Å². The highest BCUT2D eigenvalue weighted by atomic mass is 33.1. The van der Waals surface area contributed by atoms with Crippen molar-refractivity contribution >= 4 is 33.4 Å². The number of aliphatic hydroxyl groups is 2. The molecule has 2 aliphatic rings. The molecule has 2 aromatic carbocycles. The number of β-amino-alcohol motifs (C(OH)–C–C–N with tert-alkyl or cyclic N) is 2. The maximum Gasteiger partial charge on any atom is 0.255 e. The summed E-state index contributed by atoms with van der Waals surface area (Å²) in [4.78, 5) is 30.8. The van der Waals surface area contributed by atoms with Gasteiger partial charge in [-0.15, -0.1) is 0 Å². The maximum absolute atomic E-state index is 12.9. The van der Waals surface area contributed by atoms with Gasteiger partial charge in [0.1, 0.15) is 0 Å². The van der Waals surface area contributed by atoms with E-state index in [1.54, 1.807) is 21.9 Å². The van der Waals surface area contributed by atoms with Gasteiger partial charge < -0.3 is 20.0 Å². The number of hydrogen-bond donors (Lipinski definition) is 2. The van der Waals surface area contributed by atoms with Gasteiger partial charge >= 0.3 is 0 Å². The summed E-state index contributed by atoms with van der Waals surface area (Å²) < 4.78 is 0. The van der Waals surface area contributed by atoms with Crippen LogP contribution in [-0.4, -0.2) is 70.2 Å². The molecule has 2 saturated heterocycles. The van der Waals surface area contributed by atoms with E-state index < -0.39 is 12.2 Å². The Morgan fingerprint density at radius 1 is 0.733 bits per heavy atom. The lowest BCUT2D eigenvalue weighted by molar-refractivity contribution is 0.0756. The summed E-state index contributed by atoms with van der Waals surface area (Å²) in [6.07, 6.45) is 0.308. The fourth-order valence-corrected chi connectivity index (χ4v) is 6.06. The molecule has 0 aromatic heterocycles. The normalized spacial score (nSPS) is 21.3. The molecule has 0 aliphatic carbocycles. The summed E-state index contributed by atoms with van der Waals surface area (Å²) in [6.45, 7) is 1.85. The molecule has 2 unspecified atom stereocenters. The first-order valence-electron chi connectivity index (χ1n) is 10.00. The van der Waals surface area contributed by atoms with Crippen molar-refractivity contribution in [3.05, 3.63) is 59.7 Å². The second-order valence-corrected chi connectivity index (χ2v) is 9.76. The molecule has 0 bridgehead atoms. The van der Waals surface area contributed by atoms with Gasteiger partial charge in [0.2, 0.25) is 0 Å². The molecular weight excluding hydrogens is 420 g/mol. The fourth-order valence-electron chi connectivity index (χ4n) is 3.72. The van der Waals surface area contributed by atoms with E-state index in [0.717, 1.165) is 9.79 Å². The molecule has 8 heteroatoms. The molecule has 2 heterocycles. The number of benzene rings is 2. The van der Waals surface area contributed by atoms with Crippen molar-refractivity contribution < 1.29 is 19.8 Å². The second kappa shape index (κ2) is 9.43. The lowest BCUT2D eigenvalue weighted by atomic mass is 10.2. The minimum Gasteiger partial charge on any atom is -0.391 e. The van der Waals surface area contributed by atoms with Gasteiger partial charge in [0.25, 0.3) is 11.8 Å². The molecule has 0 radical (unpaired) electrons. The highest BCUT2D eigenvalue weighted by Crippen LogP contribution is 2.41. The standard InChI is InChI=1S/C22H24N2O4S2/c25-15-9-11-23(13-15)21(27)17-5-1-3-7-19(17)29-30-20-8-4-2-6-18(20)22(28)24-12-10-16(26)14-24/h1-8,15-16,25-26H,9-14H2. The van der Waals surface area contributed by atoms with Crippen LogP contribution >= 0.6 is 21.6 Å². The molecule has 4 rings (SSSR count). The molecule has 2 N–H and O–H groups in total. The predicted octanol–water partition coefficient (Wildman–Crippen LogP) is 2.90. The summed E-state index contributed by atoms with van der Waals surface area (Å²) in [5, 5.41) is 19.5. The molecule has 2 amide bonds. The monoisotopic (exact) mass is 444 g/mol. The molecule has 6 nitrogen and oxygen atoms in total. The van der Waals surface area contributed by atoms with Gasteiger partial charge in [-0.25, -0.2) is 0 Å². The highest BCUT2D eigenvalue weighted by molar-refractivity contribution is 8.76. The Morgan fingerprint density at radius 3 is 1.50 bits per heavy atom. The zero-order valence-electron chi connectivity index (χ0n) is 16.4. The molecule has 0 spiro atoms. The van der Waals surface area contributed by atoms with Crippen molar-refractivity contribution in [3.63, 3.8) is 0 Å². The summed E-state index contributed by atoms with van der Waals surface area (Å²) in [7, 11) is 2.90. The second-order valence-electron chi connectivity index (χ2n) is 7.55. The Bertz CT molecular complexity index is 863. The van der Waals surface area contributed by atoms with Crippen molar-refractivity contribution in [1.82, 2.24) is 9.80 Å². The quantitative estimate of drug-likeness (QED) is 0.691. The van der Waals surface area contributed by atoms with Crippen LogP contribution in [0.2, 0.25) is 0 Å². The third-order valence-electron chi connectivity index (χ3n) is 5.36. The van der Waals surface area contributed by atoms with E-state index in [4.69, 9.17) is 0 Å². The van der Waals surface area contributed by atoms with Gasteiger partial charge in [-0.3, -0.25) is 9.59 Å². The van der Waals surface area contributed by atoms with Crippen LogP contribution in [0.4, 0.5) is 0 Å². The van der Waals surface area contributed by atoms with Gasteiger partial charge in [-0.2, -0.15) is 0 Å². The van der Waals surface area contributed by atoms with Crippen LogP contribution in [0.15, 0.2) is 58.3 Å². The Labute approximate surface area is 183 Å². The van der Waals surface area contributed by atoms with Crippen LogP contribution in [0.25, 0.3) is 0 Å². The van der Waals surface area contributed by atoms with Gasteiger partial charge in [0, 0.05) is 36.0 Å². The van der Waals surface area contributed by atoms with Crippen LogP contribution in [0, 0.1) is 0 Å². The summed E-state index contributed by atoms with van der Waals surface area (Å²) >= 11 is 0. The average Bonchev–Trinajstić information content (AvgIpc) is 3.40. The summed E-state index contributed by atoms with van der Waals surface area (Å²) in [5.74, 6) is -0.156. The third kappa shape index (κ3) is 4.67. The molecule has 2 fully saturated rings. The van der Waals surface area contributed by atoms with Crippen LogP contribution < -0.4 is 0 Å². The maximum atomic E-state index is 12.9. The van der Waals surface area contributed by atoms with E-state index >= 15 is 0 Å². The van der Waals surface area contributed by atoms with E-state index in [1.165, 1.54) is 21.6 Å². The first-order valence-corrected chi connectivity index (χ1v) is 12.1. The van der Waals surface area contributed by atoms with Gasteiger partial charge in [0.15, 0.2) is 0 Å². The number of aliphatic hydroxyl groups excluding tert-OH is 2. The number of carbonyl (C=O) groups is 2. The molecule has 2 aromatic rings. The van der Waals surface area contributed by atoms with Crippen LogP contribution in [0.5, 0.6) is 0 Å². The van der Waals surface area contributed by atoms with Gasteiger partial charge in [-0.1, -0.05) is 45.9 Å². The first-order chi connectivity index (χ1) is 14.5. The highest BCUT2D eigenvalue weighted by Gasteiger charge is 2.28. The number of nitrogens with zero attached hydrogens (tertiary/aromatic N) is 2. The van der Waals surface area contributed by atoms with Crippen LogP contribution in [-0.2, 0) is 0 Å². The lowest BCUT2D eigenvalue weighted by Crippen LogP contribution is -2.30. The van der Waals surface area contributed by atoms with E-state index in [2.05, 4.69) is 0 Å². The number of amides is 2. The molecule has 2 aliphatic heterocycles. The lowest BCUT2D eigenvalue weighted by Gasteiger charge is -2.19.